The van der Waals surface area contributed by atoms with E-state index in [0.29, 0.717) is 6.54 Å². The zero-order valence-corrected chi connectivity index (χ0v) is 8.57. The van der Waals surface area contributed by atoms with Crippen LogP contribution < -0.4 is 5.32 Å². The quantitative estimate of drug-likeness (QED) is 0.793. The van der Waals surface area contributed by atoms with Crippen LogP contribution in [0.25, 0.3) is 0 Å². The summed E-state index contributed by atoms with van der Waals surface area (Å²) >= 11 is 0. The average molecular weight is 205 g/mol. The van der Waals surface area contributed by atoms with E-state index >= 15 is 0 Å². The van der Waals surface area contributed by atoms with Gasteiger partial charge in [0.25, 0.3) is 0 Å². The van der Waals surface area contributed by atoms with Gasteiger partial charge in [0.15, 0.2) is 0 Å². The van der Waals surface area contributed by atoms with Crippen molar-refractivity contribution in [3.05, 3.63) is 30.3 Å². The molecule has 0 saturated heterocycles. The molecule has 2 N–H and O–H groups in total. The Morgan fingerprint density at radius 2 is 2.00 bits per heavy atom. The summed E-state index contributed by atoms with van der Waals surface area (Å²) in [6.07, 6.45) is 2.62. The molecule has 1 aliphatic rings. The predicted octanol–water partition coefficient (Wildman–Crippen LogP) is 2.35. The van der Waals surface area contributed by atoms with E-state index in [4.69, 9.17) is 5.11 Å². The highest BCUT2D eigenvalue weighted by Gasteiger charge is 2.44. The zero-order valence-electron chi connectivity index (χ0n) is 8.57. The summed E-state index contributed by atoms with van der Waals surface area (Å²) in [5.74, 6) is -0.669. The van der Waals surface area contributed by atoms with E-state index in [1.165, 1.54) is 0 Å². The number of nitrogens with one attached hydrogen (secondary N) is 1. The van der Waals surface area contributed by atoms with Gasteiger partial charge < -0.3 is 10.4 Å². The highest BCUT2D eigenvalue weighted by Crippen LogP contribution is 2.41. The molecule has 1 aromatic rings. The fourth-order valence-electron chi connectivity index (χ4n) is 1.90. The lowest BCUT2D eigenvalue weighted by molar-refractivity contribution is -0.153. The molecular formula is C12H15NO2. The van der Waals surface area contributed by atoms with E-state index in [1.54, 1.807) is 0 Å². The summed E-state index contributed by atoms with van der Waals surface area (Å²) < 4.78 is 0. The molecule has 0 amide bonds. The second kappa shape index (κ2) is 3.93. The predicted molar refractivity (Wildman–Crippen MR) is 58.9 cm³/mol. The maximum Gasteiger partial charge on any atom is 0.311 e. The lowest BCUT2D eigenvalue weighted by atomic mass is 9.69. The van der Waals surface area contributed by atoms with Gasteiger partial charge in [-0.3, -0.25) is 4.79 Å². The Balaban J connectivity index is 1.95. The standard InChI is InChI=1S/C12H15NO2/c14-11(15)12(7-4-8-12)9-13-10-5-2-1-3-6-10/h1-3,5-6,13H,4,7-9H2,(H,14,15). The van der Waals surface area contributed by atoms with E-state index in [0.717, 1.165) is 24.9 Å². The maximum absolute atomic E-state index is 11.1. The number of benzene rings is 1. The largest absolute Gasteiger partial charge is 0.481 e. The van der Waals surface area contributed by atoms with Crippen LogP contribution in [0.2, 0.25) is 0 Å². The Morgan fingerprint density at radius 1 is 1.33 bits per heavy atom. The van der Waals surface area contributed by atoms with E-state index in [-0.39, 0.29) is 0 Å². The molecule has 1 fully saturated rings. The van der Waals surface area contributed by atoms with Crippen LogP contribution in [0, 0.1) is 5.41 Å². The molecular weight excluding hydrogens is 190 g/mol. The van der Waals surface area contributed by atoms with Gasteiger partial charge in [-0.15, -0.1) is 0 Å². The minimum atomic E-state index is -0.669. The lowest BCUT2D eigenvalue weighted by Gasteiger charge is -2.37. The molecule has 0 heterocycles. The molecule has 2 rings (SSSR count). The van der Waals surface area contributed by atoms with Crippen LogP contribution in [-0.2, 0) is 4.79 Å². The Morgan fingerprint density at radius 3 is 2.47 bits per heavy atom. The first-order valence-corrected chi connectivity index (χ1v) is 5.25. The number of carboxylic acid groups (broad SMARTS) is 1. The molecule has 0 bridgehead atoms. The second-order valence-electron chi connectivity index (χ2n) is 4.16. The van der Waals surface area contributed by atoms with Gasteiger partial charge in [-0.2, -0.15) is 0 Å². The zero-order chi connectivity index (χ0) is 10.7. The third-order valence-electron chi connectivity index (χ3n) is 3.17. The number of carbonyl (C=O) groups is 1. The van der Waals surface area contributed by atoms with E-state index < -0.39 is 11.4 Å². The number of hydrogen-bond donors (Lipinski definition) is 2. The van der Waals surface area contributed by atoms with Crippen LogP contribution in [-0.4, -0.2) is 17.6 Å². The Kier molecular flexibility index (Phi) is 2.62. The molecule has 1 aromatic carbocycles. The van der Waals surface area contributed by atoms with Crippen molar-refractivity contribution in [3.8, 4) is 0 Å². The van der Waals surface area contributed by atoms with Crippen LogP contribution in [0.4, 0.5) is 5.69 Å². The first-order chi connectivity index (χ1) is 7.23. The highest BCUT2D eigenvalue weighted by molar-refractivity contribution is 5.76. The third-order valence-corrected chi connectivity index (χ3v) is 3.17. The van der Waals surface area contributed by atoms with Crippen molar-refractivity contribution < 1.29 is 9.90 Å². The van der Waals surface area contributed by atoms with Crippen molar-refractivity contribution in [2.24, 2.45) is 5.41 Å². The van der Waals surface area contributed by atoms with Gasteiger partial charge >= 0.3 is 5.97 Å². The van der Waals surface area contributed by atoms with Gasteiger partial charge in [-0.1, -0.05) is 24.6 Å². The summed E-state index contributed by atoms with van der Waals surface area (Å²) in [4.78, 5) is 11.1. The molecule has 0 atom stereocenters. The topological polar surface area (TPSA) is 49.3 Å². The summed E-state index contributed by atoms with van der Waals surface area (Å²) in [5, 5.41) is 12.3. The van der Waals surface area contributed by atoms with Crippen molar-refractivity contribution in [2.75, 3.05) is 11.9 Å². The van der Waals surface area contributed by atoms with Gasteiger partial charge in [0.05, 0.1) is 5.41 Å². The Hall–Kier alpha value is -1.51. The summed E-state index contributed by atoms with van der Waals surface area (Å²) in [7, 11) is 0. The van der Waals surface area contributed by atoms with Crippen molar-refractivity contribution in [2.45, 2.75) is 19.3 Å². The SMILES string of the molecule is O=C(O)C1(CNc2ccccc2)CCC1. The molecule has 0 spiro atoms. The first-order valence-electron chi connectivity index (χ1n) is 5.25. The second-order valence-corrected chi connectivity index (χ2v) is 4.16. The van der Waals surface area contributed by atoms with Crippen molar-refractivity contribution in [3.63, 3.8) is 0 Å². The third kappa shape index (κ3) is 1.96. The number of carboxylic acids is 1. The fraction of sp³-hybridized carbons (Fsp3) is 0.417. The Bertz CT molecular complexity index is 344. The first kappa shape index (κ1) is 10.0. The number of para-hydroxylation sites is 1. The van der Waals surface area contributed by atoms with Gasteiger partial charge in [-0.25, -0.2) is 0 Å². The number of anilines is 1. The van der Waals surface area contributed by atoms with Gasteiger partial charge in [0, 0.05) is 12.2 Å². The monoisotopic (exact) mass is 205 g/mol. The van der Waals surface area contributed by atoms with Crippen molar-refractivity contribution >= 4 is 11.7 Å². The van der Waals surface area contributed by atoms with Crippen LogP contribution in [0.3, 0.4) is 0 Å². The molecule has 80 valence electrons. The Labute approximate surface area is 89.1 Å². The molecule has 3 nitrogen and oxygen atoms in total. The smallest absolute Gasteiger partial charge is 0.311 e. The van der Waals surface area contributed by atoms with Gasteiger partial charge in [0.2, 0.25) is 0 Å². The molecule has 3 heteroatoms. The molecule has 0 radical (unpaired) electrons. The van der Waals surface area contributed by atoms with Gasteiger partial charge in [0.1, 0.15) is 0 Å². The van der Waals surface area contributed by atoms with Crippen LogP contribution >= 0.6 is 0 Å². The number of rotatable bonds is 4. The summed E-state index contributed by atoms with van der Waals surface area (Å²) in [6.45, 7) is 0.534. The molecule has 0 aromatic heterocycles. The fourth-order valence-corrected chi connectivity index (χ4v) is 1.90. The molecule has 1 aliphatic carbocycles. The summed E-state index contributed by atoms with van der Waals surface area (Å²) in [6, 6.07) is 9.73. The molecule has 0 unspecified atom stereocenters. The van der Waals surface area contributed by atoms with E-state index in [1.807, 2.05) is 30.3 Å². The molecule has 15 heavy (non-hydrogen) atoms. The number of aliphatic carboxylic acids is 1. The molecule has 1 saturated carbocycles. The van der Waals surface area contributed by atoms with Crippen molar-refractivity contribution in [1.82, 2.24) is 0 Å². The minimum Gasteiger partial charge on any atom is -0.481 e. The normalized spacial score (nSPS) is 17.9. The maximum atomic E-state index is 11.1. The summed E-state index contributed by atoms with van der Waals surface area (Å²) in [5.41, 5.74) is 0.473. The minimum absolute atomic E-state index is 0.518. The highest BCUT2D eigenvalue weighted by atomic mass is 16.4. The van der Waals surface area contributed by atoms with Gasteiger partial charge in [-0.05, 0) is 25.0 Å². The van der Waals surface area contributed by atoms with Crippen LogP contribution in [0.5, 0.6) is 0 Å². The molecule has 0 aliphatic heterocycles. The van der Waals surface area contributed by atoms with Crippen LogP contribution in [0.15, 0.2) is 30.3 Å². The van der Waals surface area contributed by atoms with E-state index in [2.05, 4.69) is 5.32 Å². The number of hydrogen-bond acceptors (Lipinski definition) is 2. The lowest BCUT2D eigenvalue weighted by Crippen LogP contribution is -2.43. The van der Waals surface area contributed by atoms with Crippen LogP contribution in [0.1, 0.15) is 19.3 Å². The van der Waals surface area contributed by atoms with E-state index in [9.17, 15) is 4.79 Å². The average Bonchev–Trinajstić information content (AvgIpc) is 2.17. The van der Waals surface area contributed by atoms with Crippen molar-refractivity contribution in [1.29, 1.82) is 0 Å².